The summed E-state index contributed by atoms with van der Waals surface area (Å²) < 4.78 is 35.8. The quantitative estimate of drug-likeness (QED) is 0.135. The van der Waals surface area contributed by atoms with Crippen molar-refractivity contribution in [1.29, 1.82) is 0 Å². The number of esters is 1. The van der Waals surface area contributed by atoms with Crippen LogP contribution in [0.25, 0.3) is 5.57 Å². The van der Waals surface area contributed by atoms with Gasteiger partial charge in [0.1, 0.15) is 30.5 Å². The van der Waals surface area contributed by atoms with E-state index in [1.54, 1.807) is 36.4 Å². The fraction of sp³-hybridized carbons (Fsp3) is 0.267. The molecule has 0 amide bonds. The highest BCUT2D eigenvalue weighted by Gasteiger charge is 2.25. The van der Waals surface area contributed by atoms with Crippen LogP contribution in [0.3, 0.4) is 0 Å². The average Bonchev–Trinajstić information content (AvgIpc) is 3.30. The van der Waals surface area contributed by atoms with Gasteiger partial charge in [-0.3, -0.25) is 9.59 Å². The molecule has 210 valence electrons. The smallest absolute Gasteiger partial charge is 0.302 e. The van der Waals surface area contributed by atoms with Crippen LogP contribution < -0.4 is 14.2 Å². The summed E-state index contributed by atoms with van der Waals surface area (Å²) in [6, 6.07) is 13.0. The van der Waals surface area contributed by atoms with Crippen LogP contribution in [0.2, 0.25) is 0 Å². The molecule has 1 aliphatic rings. The van der Waals surface area contributed by atoms with E-state index in [-0.39, 0.29) is 37.7 Å². The van der Waals surface area contributed by atoms with Gasteiger partial charge in [0.15, 0.2) is 17.3 Å². The third-order valence-corrected chi connectivity index (χ3v) is 7.71. The number of halogens is 1. The average molecular weight is 568 g/mol. The Morgan fingerprint density at radius 2 is 1.80 bits per heavy atom. The molecule has 2 atom stereocenters. The highest BCUT2D eigenvalue weighted by molar-refractivity contribution is 8.17. The fourth-order valence-corrected chi connectivity index (χ4v) is 5.72. The zero-order chi connectivity index (χ0) is 28.8. The number of carbonyl (C=O) groups is 2. The molecule has 8 nitrogen and oxygen atoms in total. The number of aromatic nitrogens is 1. The van der Waals surface area contributed by atoms with Crippen molar-refractivity contribution in [3.8, 4) is 17.2 Å². The molecule has 0 saturated carbocycles. The molecule has 0 aliphatic carbocycles. The molecule has 4 rings (SSSR count). The second-order valence-corrected chi connectivity index (χ2v) is 10.4. The predicted molar refractivity (Wildman–Crippen MR) is 151 cm³/mol. The SMILES string of the molecule is C=S1C=C(c2nc(C(O)CCC(=O)c3ccc(OCCOC(C)=O)c(OC)c3)ccc2OC)c2cccc(F)c21. The zero-order valence-corrected chi connectivity index (χ0v) is 23.3. The molecule has 2 aromatic carbocycles. The summed E-state index contributed by atoms with van der Waals surface area (Å²) in [6.45, 7) is 1.54. The van der Waals surface area contributed by atoms with Gasteiger partial charge in [0.05, 0.1) is 26.0 Å². The normalized spacial score (nSPS) is 14.6. The number of Topliss-reactive ketones (excluding diaryl/α,β-unsaturated/α-hetero) is 1. The molecule has 1 aromatic heterocycles. The number of fused-ring (bicyclic) bond motifs is 1. The lowest BCUT2D eigenvalue weighted by Crippen LogP contribution is -2.10. The Bertz CT molecular complexity index is 1490. The lowest BCUT2D eigenvalue weighted by atomic mass is 10.0. The highest BCUT2D eigenvalue weighted by Crippen LogP contribution is 2.47. The minimum absolute atomic E-state index is 0.0547. The van der Waals surface area contributed by atoms with Crippen molar-refractivity contribution in [2.24, 2.45) is 0 Å². The number of carbonyl (C=O) groups excluding carboxylic acids is 2. The van der Waals surface area contributed by atoms with Gasteiger partial charge in [-0.05, 0) is 48.2 Å². The minimum atomic E-state index is -1.02. The van der Waals surface area contributed by atoms with Gasteiger partial charge >= 0.3 is 5.97 Å². The summed E-state index contributed by atoms with van der Waals surface area (Å²) in [4.78, 5) is 29.0. The minimum Gasteiger partial charge on any atom is -0.494 e. The molecule has 10 heteroatoms. The summed E-state index contributed by atoms with van der Waals surface area (Å²) in [6.07, 6.45) is -0.838. The number of methoxy groups -OCH3 is 2. The van der Waals surface area contributed by atoms with Crippen molar-refractivity contribution in [3.05, 3.63) is 82.3 Å². The lowest BCUT2D eigenvalue weighted by molar-refractivity contribution is -0.141. The van der Waals surface area contributed by atoms with Crippen LogP contribution in [-0.2, 0) is 9.53 Å². The topological polar surface area (TPSA) is 104 Å². The highest BCUT2D eigenvalue weighted by atomic mass is 32.2. The maximum Gasteiger partial charge on any atom is 0.302 e. The number of ether oxygens (including phenoxy) is 4. The standard InChI is InChI=1S/C30H30FNO7S/c1-18(33)38-14-15-39-26-12-8-19(16-28(26)37-3)24(34)10-11-25(35)23-9-13-27(36-2)29(32-23)21-17-40(4)30-20(21)6-5-7-22(30)31/h5-9,12-13,16-17,25,35H,4,10-11,14-15H2,1-3H3. The molecule has 2 heterocycles. The first kappa shape index (κ1) is 29.0. The van der Waals surface area contributed by atoms with Crippen LogP contribution in [0.1, 0.15) is 53.2 Å². The van der Waals surface area contributed by atoms with E-state index < -0.39 is 22.6 Å². The van der Waals surface area contributed by atoms with Gasteiger partial charge in [-0.15, -0.1) is 10.5 Å². The molecule has 1 aliphatic heterocycles. The molecule has 1 N–H and O–H groups in total. The van der Waals surface area contributed by atoms with Crippen LogP contribution in [-0.4, -0.2) is 55.1 Å². The van der Waals surface area contributed by atoms with Gasteiger partial charge in [-0.25, -0.2) is 9.37 Å². The Kier molecular flexibility index (Phi) is 9.34. The van der Waals surface area contributed by atoms with Gasteiger partial charge in [-0.1, -0.05) is 18.0 Å². The molecule has 0 fully saturated rings. The van der Waals surface area contributed by atoms with Gasteiger partial charge in [0.2, 0.25) is 0 Å². The number of pyridine rings is 1. The van der Waals surface area contributed by atoms with E-state index >= 15 is 0 Å². The predicted octanol–water partition coefficient (Wildman–Crippen LogP) is 5.34. The number of ketones is 1. The molecule has 40 heavy (non-hydrogen) atoms. The molecule has 2 unspecified atom stereocenters. The fourth-order valence-electron chi connectivity index (χ4n) is 4.30. The van der Waals surface area contributed by atoms with Crippen LogP contribution >= 0.6 is 10.5 Å². The number of aliphatic hydroxyl groups excluding tert-OH is 1. The van der Waals surface area contributed by atoms with Gasteiger partial charge in [-0.2, -0.15) is 0 Å². The van der Waals surface area contributed by atoms with Crippen molar-refractivity contribution in [1.82, 2.24) is 4.98 Å². The van der Waals surface area contributed by atoms with Crippen LogP contribution in [0, 0.1) is 5.82 Å². The Morgan fingerprint density at radius 3 is 2.52 bits per heavy atom. The van der Waals surface area contributed by atoms with Crippen molar-refractivity contribution in [2.45, 2.75) is 30.8 Å². The molecular formula is C30H30FNO7S. The molecule has 0 bridgehead atoms. The van der Waals surface area contributed by atoms with E-state index in [9.17, 15) is 19.1 Å². The molecule has 0 radical (unpaired) electrons. The molecule has 0 saturated heterocycles. The van der Waals surface area contributed by atoms with Gasteiger partial charge < -0.3 is 24.1 Å². The monoisotopic (exact) mass is 567 g/mol. The van der Waals surface area contributed by atoms with Gasteiger partial charge in [0.25, 0.3) is 0 Å². The second-order valence-electron chi connectivity index (χ2n) is 8.90. The van der Waals surface area contributed by atoms with Crippen LogP contribution in [0.15, 0.2) is 58.8 Å². The third kappa shape index (κ3) is 6.40. The van der Waals surface area contributed by atoms with E-state index in [2.05, 4.69) is 10.9 Å². The van der Waals surface area contributed by atoms with E-state index in [1.165, 1.54) is 27.2 Å². The number of aliphatic hydroxyl groups is 1. The third-order valence-electron chi connectivity index (χ3n) is 6.25. The largest absolute Gasteiger partial charge is 0.494 e. The van der Waals surface area contributed by atoms with E-state index in [1.807, 2.05) is 11.5 Å². The van der Waals surface area contributed by atoms with E-state index in [4.69, 9.17) is 18.9 Å². The summed E-state index contributed by atoms with van der Waals surface area (Å²) in [7, 11) is 2.29. The van der Waals surface area contributed by atoms with Crippen LogP contribution in [0.5, 0.6) is 17.2 Å². The Morgan fingerprint density at radius 1 is 1.05 bits per heavy atom. The number of benzene rings is 2. The van der Waals surface area contributed by atoms with Crippen LogP contribution in [0.4, 0.5) is 4.39 Å². The zero-order valence-electron chi connectivity index (χ0n) is 22.4. The number of rotatable bonds is 12. The first-order valence-corrected chi connectivity index (χ1v) is 13.9. The summed E-state index contributed by atoms with van der Waals surface area (Å²) in [5.41, 5.74) is 2.63. The first-order chi connectivity index (χ1) is 19.2. The Hall–Kier alpha value is -4.02. The van der Waals surface area contributed by atoms with Crippen molar-refractivity contribution in [2.75, 3.05) is 27.4 Å². The van der Waals surface area contributed by atoms with Crippen molar-refractivity contribution in [3.63, 3.8) is 0 Å². The second kappa shape index (κ2) is 12.9. The van der Waals surface area contributed by atoms with Gasteiger partial charge in [0, 0.05) is 34.9 Å². The number of hydrogen-bond acceptors (Lipinski definition) is 8. The number of nitrogens with zero attached hydrogens (tertiary/aromatic N) is 1. The number of hydrogen-bond donors (Lipinski definition) is 1. The van der Waals surface area contributed by atoms with Crippen molar-refractivity contribution >= 4 is 33.7 Å². The Labute approximate surface area is 234 Å². The van der Waals surface area contributed by atoms with E-state index in [0.717, 1.165) is 0 Å². The molecule has 0 spiro atoms. The maximum absolute atomic E-state index is 14.5. The first-order valence-electron chi connectivity index (χ1n) is 12.5. The summed E-state index contributed by atoms with van der Waals surface area (Å²) in [5.74, 6) is 4.41. The molecule has 3 aromatic rings. The summed E-state index contributed by atoms with van der Waals surface area (Å²) in [5, 5.41) is 12.8. The van der Waals surface area contributed by atoms with Crippen molar-refractivity contribution < 1.29 is 38.0 Å². The molecular weight excluding hydrogens is 537 g/mol. The lowest BCUT2D eigenvalue weighted by Gasteiger charge is -2.15. The van der Waals surface area contributed by atoms with E-state index in [0.29, 0.717) is 50.2 Å². The summed E-state index contributed by atoms with van der Waals surface area (Å²) >= 11 is 0. The maximum atomic E-state index is 14.5. The Balaban J connectivity index is 1.46.